The second kappa shape index (κ2) is 7.63. The molecule has 1 aromatic carbocycles. The first-order valence-electron chi connectivity index (χ1n) is 6.91. The summed E-state index contributed by atoms with van der Waals surface area (Å²) in [4.78, 5) is 15.9. The van der Waals surface area contributed by atoms with Gasteiger partial charge < -0.3 is 15.5 Å². The monoisotopic (exact) mass is 304 g/mol. The molecule has 1 heterocycles. The van der Waals surface area contributed by atoms with E-state index in [0.29, 0.717) is 30.8 Å². The smallest absolute Gasteiger partial charge is 0.182 e. The summed E-state index contributed by atoms with van der Waals surface area (Å²) < 4.78 is 12.8. The van der Waals surface area contributed by atoms with Crippen molar-refractivity contribution in [3.63, 3.8) is 0 Å². The zero-order chi connectivity index (χ0) is 15.9. The molecule has 1 aromatic heterocycles. The number of aromatic nitrogens is 1. The normalized spacial score (nSPS) is 10.7. The summed E-state index contributed by atoms with van der Waals surface area (Å²) in [5, 5.41) is 21.4. The molecule has 0 aliphatic rings. The molecule has 0 saturated carbocycles. The van der Waals surface area contributed by atoms with E-state index in [1.54, 1.807) is 12.1 Å². The fourth-order valence-electron chi connectivity index (χ4n) is 2.01. The summed E-state index contributed by atoms with van der Waals surface area (Å²) in [6, 6.07) is 8.61. The predicted octanol–water partition coefficient (Wildman–Crippen LogP) is 2.28. The van der Waals surface area contributed by atoms with Gasteiger partial charge in [0.05, 0.1) is 0 Å². The van der Waals surface area contributed by atoms with Gasteiger partial charge in [-0.1, -0.05) is 0 Å². The summed E-state index contributed by atoms with van der Waals surface area (Å²) in [6.45, 7) is 0.462. The van der Waals surface area contributed by atoms with Gasteiger partial charge in [-0.2, -0.15) is 0 Å². The van der Waals surface area contributed by atoms with Gasteiger partial charge in [-0.15, -0.1) is 0 Å². The predicted molar refractivity (Wildman–Crippen MR) is 79.9 cm³/mol. The molecule has 0 bridgehead atoms. The van der Waals surface area contributed by atoms with Gasteiger partial charge in [0.1, 0.15) is 11.6 Å². The molecule has 0 spiro atoms. The number of hydrogen-bond acceptors (Lipinski definition) is 5. The van der Waals surface area contributed by atoms with E-state index in [1.807, 2.05) is 0 Å². The molecule has 2 aromatic rings. The molecule has 0 radical (unpaired) electrons. The van der Waals surface area contributed by atoms with Crippen LogP contribution in [-0.2, 0) is 0 Å². The first kappa shape index (κ1) is 16.1. The highest BCUT2D eigenvalue weighted by molar-refractivity contribution is 5.95. The molecule has 0 aliphatic carbocycles. The minimum atomic E-state index is -1.60. The van der Waals surface area contributed by atoms with Crippen LogP contribution in [0.2, 0.25) is 0 Å². The number of benzene rings is 1. The average Bonchev–Trinajstić information content (AvgIpc) is 2.52. The van der Waals surface area contributed by atoms with E-state index in [0.717, 1.165) is 0 Å². The van der Waals surface area contributed by atoms with Crippen LogP contribution in [0.15, 0.2) is 42.6 Å². The molecule has 0 fully saturated rings. The third-order valence-corrected chi connectivity index (χ3v) is 3.16. The van der Waals surface area contributed by atoms with Crippen molar-refractivity contribution in [3.05, 3.63) is 59.5 Å². The number of rotatable bonds is 7. The maximum absolute atomic E-state index is 12.8. The Bertz CT molecular complexity index is 630. The second-order valence-corrected chi connectivity index (χ2v) is 4.78. The van der Waals surface area contributed by atoms with Crippen LogP contribution < -0.4 is 5.32 Å². The average molecular weight is 304 g/mol. The van der Waals surface area contributed by atoms with Gasteiger partial charge in [0.15, 0.2) is 12.1 Å². The molecule has 22 heavy (non-hydrogen) atoms. The lowest BCUT2D eigenvalue weighted by molar-refractivity contribution is -0.0421. The van der Waals surface area contributed by atoms with Crippen molar-refractivity contribution < 1.29 is 19.4 Å². The zero-order valence-corrected chi connectivity index (χ0v) is 11.9. The molecule has 0 amide bonds. The number of carbonyl (C=O) groups excluding carboxylic acids is 1. The Morgan fingerprint density at radius 1 is 1.23 bits per heavy atom. The van der Waals surface area contributed by atoms with Crippen molar-refractivity contribution in [1.29, 1.82) is 0 Å². The number of anilines is 1. The Hall–Kier alpha value is -2.31. The minimum absolute atomic E-state index is 0.0646. The first-order valence-corrected chi connectivity index (χ1v) is 6.91. The highest BCUT2D eigenvalue weighted by Gasteiger charge is 2.10. The minimum Gasteiger partial charge on any atom is -0.370 e. The van der Waals surface area contributed by atoms with Crippen molar-refractivity contribution in [2.45, 2.75) is 19.1 Å². The van der Waals surface area contributed by atoms with Crippen LogP contribution in [0.4, 0.5) is 10.2 Å². The lowest BCUT2D eigenvalue weighted by Crippen LogP contribution is -2.10. The van der Waals surface area contributed by atoms with Gasteiger partial charge in [-0.05, 0) is 42.8 Å². The van der Waals surface area contributed by atoms with E-state index in [2.05, 4.69) is 10.3 Å². The van der Waals surface area contributed by atoms with Crippen molar-refractivity contribution >= 4 is 11.6 Å². The van der Waals surface area contributed by atoms with Crippen molar-refractivity contribution in [2.75, 3.05) is 11.9 Å². The molecule has 6 heteroatoms. The Labute approximate surface area is 127 Å². The van der Waals surface area contributed by atoms with Crippen LogP contribution in [0.3, 0.4) is 0 Å². The van der Waals surface area contributed by atoms with Crippen LogP contribution in [0.5, 0.6) is 0 Å². The highest BCUT2D eigenvalue weighted by atomic mass is 19.1. The topological polar surface area (TPSA) is 82.5 Å². The van der Waals surface area contributed by atoms with E-state index >= 15 is 0 Å². The molecule has 0 unspecified atom stereocenters. The van der Waals surface area contributed by atoms with E-state index < -0.39 is 6.29 Å². The van der Waals surface area contributed by atoms with Crippen molar-refractivity contribution in [1.82, 2.24) is 4.98 Å². The van der Waals surface area contributed by atoms with Crippen LogP contribution in [0.25, 0.3) is 0 Å². The number of aliphatic hydroxyl groups is 2. The Kier molecular flexibility index (Phi) is 5.57. The number of Topliss-reactive ketones (excluding diaryl/α,β-unsaturated/α-hetero) is 1. The summed E-state index contributed by atoms with van der Waals surface area (Å²) in [5.74, 6) is -0.0552. The molecule has 2 rings (SSSR count). The number of nitrogens with one attached hydrogen (secondary N) is 1. The number of nitrogens with zero attached hydrogens (tertiary/aromatic N) is 1. The molecule has 0 saturated heterocycles. The summed E-state index contributed by atoms with van der Waals surface area (Å²) in [6.07, 6.45) is 0.797. The fraction of sp³-hybridized carbons (Fsp3) is 0.250. The van der Waals surface area contributed by atoms with E-state index in [1.165, 1.54) is 30.5 Å². The number of halogens is 1. The molecule has 116 valence electrons. The summed E-state index contributed by atoms with van der Waals surface area (Å²) in [5.41, 5.74) is 0.762. The van der Waals surface area contributed by atoms with Crippen molar-refractivity contribution in [2.24, 2.45) is 0 Å². The van der Waals surface area contributed by atoms with Crippen LogP contribution in [0, 0.1) is 5.82 Å². The molecular formula is C16H17FN2O3. The van der Waals surface area contributed by atoms with Gasteiger partial charge in [-0.25, -0.2) is 9.37 Å². The Balaban J connectivity index is 1.82. The van der Waals surface area contributed by atoms with Crippen LogP contribution in [0.1, 0.15) is 35.1 Å². The van der Waals surface area contributed by atoms with Gasteiger partial charge in [-0.3, -0.25) is 4.79 Å². The zero-order valence-electron chi connectivity index (χ0n) is 11.9. The molecular weight excluding hydrogens is 287 g/mol. The maximum Gasteiger partial charge on any atom is 0.182 e. The first-order chi connectivity index (χ1) is 10.6. The van der Waals surface area contributed by atoms with E-state index in [-0.39, 0.29) is 17.2 Å². The molecule has 5 nitrogen and oxygen atoms in total. The molecule has 0 atom stereocenters. The van der Waals surface area contributed by atoms with Gasteiger partial charge >= 0.3 is 0 Å². The maximum atomic E-state index is 12.8. The lowest BCUT2D eigenvalue weighted by Gasteiger charge is -2.11. The summed E-state index contributed by atoms with van der Waals surface area (Å²) in [7, 11) is 0. The number of aliphatic hydroxyl groups excluding tert-OH is 1. The third kappa shape index (κ3) is 4.34. The van der Waals surface area contributed by atoms with Gasteiger partial charge in [0.25, 0.3) is 0 Å². The SMILES string of the molecule is O=C(CCCNc1ncccc1C(O)O)c1ccc(F)cc1. The van der Waals surface area contributed by atoms with Gasteiger partial charge in [0, 0.05) is 30.3 Å². The van der Waals surface area contributed by atoms with Crippen LogP contribution >= 0.6 is 0 Å². The number of pyridine rings is 1. The van der Waals surface area contributed by atoms with E-state index in [9.17, 15) is 19.4 Å². The van der Waals surface area contributed by atoms with E-state index in [4.69, 9.17) is 0 Å². The van der Waals surface area contributed by atoms with Crippen LogP contribution in [-0.4, -0.2) is 27.5 Å². The Morgan fingerprint density at radius 2 is 1.95 bits per heavy atom. The standard InChI is InChI=1S/C16H17FN2O3/c17-12-7-5-11(6-8-12)14(20)4-2-10-19-15-13(16(21)22)3-1-9-18-15/h1,3,5-9,16,21-22H,2,4,10H2,(H,18,19). The number of hydrogen-bond donors (Lipinski definition) is 3. The van der Waals surface area contributed by atoms with Gasteiger partial charge in [0.2, 0.25) is 0 Å². The Morgan fingerprint density at radius 3 is 2.64 bits per heavy atom. The largest absolute Gasteiger partial charge is 0.370 e. The second-order valence-electron chi connectivity index (χ2n) is 4.78. The summed E-state index contributed by atoms with van der Waals surface area (Å²) >= 11 is 0. The quantitative estimate of drug-likeness (QED) is 0.415. The molecule has 3 N–H and O–H groups in total. The third-order valence-electron chi connectivity index (χ3n) is 3.16. The highest BCUT2D eigenvalue weighted by Crippen LogP contribution is 2.18. The lowest BCUT2D eigenvalue weighted by atomic mass is 10.1. The molecule has 0 aliphatic heterocycles. The van der Waals surface area contributed by atoms with Crippen molar-refractivity contribution in [3.8, 4) is 0 Å². The fourth-order valence-corrected chi connectivity index (χ4v) is 2.01. The number of carbonyl (C=O) groups is 1. The number of ketones is 1.